The maximum Gasteiger partial charge on any atom is 0.341 e. The lowest BCUT2D eigenvalue weighted by molar-refractivity contribution is 0.0525. The van der Waals surface area contributed by atoms with Crippen molar-refractivity contribution in [1.82, 2.24) is 0 Å². The van der Waals surface area contributed by atoms with Crippen molar-refractivity contribution in [3.63, 3.8) is 0 Å². The van der Waals surface area contributed by atoms with Crippen molar-refractivity contribution < 1.29 is 9.53 Å². The van der Waals surface area contributed by atoms with Gasteiger partial charge in [-0.15, -0.1) is 0 Å². The van der Waals surface area contributed by atoms with Crippen molar-refractivity contribution in [2.24, 2.45) is 0 Å². The fourth-order valence-corrected chi connectivity index (χ4v) is 3.34. The standard InChI is InChI=1S/C12H15BrCl2O2Si/c1-18(2,3)5-4-17-12(16)11-9(14)6-8(13)7-10(11)15/h6-7H,4-5H2,1-3H3. The summed E-state index contributed by atoms with van der Waals surface area (Å²) in [5.41, 5.74) is 0.233. The van der Waals surface area contributed by atoms with Crippen molar-refractivity contribution in [2.45, 2.75) is 25.7 Å². The third-order valence-electron chi connectivity index (χ3n) is 2.30. The Morgan fingerprint density at radius 3 is 2.22 bits per heavy atom. The summed E-state index contributed by atoms with van der Waals surface area (Å²) in [7, 11) is -1.21. The lowest BCUT2D eigenvalue weighted by Crippen LogP contribution is -2.22. The molecule has 100 valence electrons. The molecule has 0 bridgehead atoms. The van der Waals surface area contributed by atoms with Crippen molar-refractivity contribution >= 4 is 53.2 Å². The van der Waals surface area contributed by atoms with E-state index in [1.165, 1.54) is 0 Å². The molecular formula is C12H15BrCl2O2Si. The smallest absolute Gasteiger partial charge is 0.341 e. The minimum Gasteiger partial charge on any atom is -0.462 e. The van der Waals surface area contributed by atoms with Gasteiger partial charge in [0.2, 0.25) is 0 Å². The molecule has 0 aromatic heterocycles. The highest BCUT2D eigenvalue weighted by Gasteiger charge is 2.19. The lowest BCUT2D eigenvalue weighted by Gasteiger charge is -2.15. The molecule has 2 nitrogen and oxygen atoms in total. The van der Waals surface area contributed by atoms with E-state index in [9.17, 15) is 4.79 Å². The minimum absolute atomic E-state index is 0.233. The summed E-state index contributed by atoms with van der Waals surface area (Å²) in [5, 5.41) is 0.597. The summed E-state index contributed by atoms with van der Waals surface area (Å²) in [6.45, 7) is 7.08. The van der Waals surface area contributed by atoms with E-state index in [2.05, 4.69) is 35.6 Å². The molecule has 0 heterocycles. The quantitative estimate of drug-likeness (QED) is 0.535. The normalized spacial score (nSPS) is 11.4. The largest absolute Gasteiger partial charge is 0.462 e. The molecule has 0 aliphatic carbocycles. The Hall–Kier alpha value is -0.0331. The zero-order valence-electron chi connectivity index (χ0n) is 10.5. The van der Waals surface area contributed by atoms with E-state index < -0.39 is 14.0 Å². The number of halogens is 3. The van der Waals surface area contributed by atoms with Gasteiger partial charge >= 0.3 is 5.97 Å². The Morgan fingerprint density at radius 1 is 1.28 bits per heavy atom. The first-order chi connectivity index (χ1) is 8.20. The molecule has 0 radical (unpaired) electrons. The van der Waals surface area contributed by atoms with Crippen LogP contribution >= 0.6 is 39.1 Å². The van der Waals surface area contributed by atoms with Crippen molar-refractivity contribution in [3.8, 4) is 0 Å². The van der Waals surface area contributed by atoms with Gasteiger partial charge in [-0.1, -0.05) is 58.8 Å². The monoisotopic (exact) mass is 368 g/mol. The lowest BCUT2D eigenvalue weighted by atomic mass is 10.2. The van der Waals surface area contributed by atoms with Crippen LogP contribution in [0.4, 0.5) is 0 Å². The van der Waals surface area contributed by atoms with Gasteiger partial charge in [-0.25, -0.2) is 4.79 Å². The number of carbonyl (C=O) groups excluding carboxylic acids is 1. The molecule has 18 heavy (non-hydrogen) atoms. The average molecular weight is 370 g/mol. The average Bonchev–Trinajstić information content (AvgIpc) is 2.13. The fourth-order valence-electron chi connectivity index (χ4n) is 1.26. The van der Waals surface area contributed by atoms with E-state index in [1.54, 1.807) is 12.1 Å². The molecule has 0 saturated heterocycles. The Kier molecular flexibility index (Phi) is 5.71. The van der Waals surface area contributed by atoms with E-state index >= 15 is 0 Å². The number of benzene rings is 1. The molecule has 0 aliphatic rings. The van der Waals surface area contributed by atoms with Gasteiger partial charge in [0.15, 0.2) is 0 Å². The minimum atomic E-state index is -1.21. The van der Waals surface area contributed by atoms with Crippen LogP contribution in [0.5, 0.6) is 0 Å². The van der Waals surface area contributed by atoms with Crippen LogP contribution in [0.2, 0.25) is 35.7 Å². The van der Waals surface area contributed by atoms with Gasteiger partial charge in [-0.2, -0.15) is 0 Å². The maximum atomic E-state index is 11.9. The van der Waals surface area contributed by atoms with E-state index in [0.29, 0.717) is 16.7 Å². The predicted molar refractivity (Wildman–Crippen MR) is 82.6 cm³/mol. The van der Waals surface area contributed by atoms with Crippen LogP contribution in [-0.4, -0.2) is 20.7 Å². The van der Waals surface area contributed by atoms with E-state index in [0.717, 1.165) is 10.5 Å². The molecule has 0 atom stereocenters. The van der Waals surface area contributed by atoms with Gasteiger partial charge in [-0.3, -0.25) is 0 Å². The van der Waals surface area contributed by atoms with Crippen LogP contribution in [0.15, 0.2) is 16.6 Å². The summed E-state index contributed by atoms with van der Waals surface area (Å²) in [6, 6.07) is 4.18. The molecule has 1 rings (SSSR count). The Balaban J connectivity index is 2.74. The number of ether oxygens (including phenoxy) is 1. The highest BCUT2D eigenvalue weighted by atomic mass is 79.9. The highest BCUT2D eigenvalue weighted by Crippen LogP contribution is 2.29. The highest BCUT2D eigenvalue weighted by molar-refractivity contribution is 9.10. The second kappa shape index (κ2) is 6.42. The molecule has 1 aromatic rings. The van der Waals surface area contributed by atoms with Gasteiger partial charge in [0.25, 0.3) is 0 Å². The van der Waals surface area contributed by atoms with Crippen molar-refractivity contribution in [1.29, 1.82) is 0 Å². The Labute approximate surface area is 127 Å². The molecule has 1 aromatic carbocycles. The number of esters is 1. The first-order valence-electron chi connectivity index (χ1n) is 5.52. The van der Waals surface area contributed by atoms with E-state index in [4.69, 9.17) is 27.9 Å². The summed E-state index contributed by atoms with van der Waals surface area (Å²) < 4.78 is 5.95. The van der Waals surface area contributed by atoms with Gasteiger partial charge < -0.3 is 4.74 Å². The van der Waals surface area contributed by atoms with Crippen LogP contribution in [0.1, 0.15) is 10.4 Å². The zero-order chi connectivity index (χ0) is 13.9. The van der Waals surface area contributed by atoms with Crippen LogP contribution in [-0.2, 0) is 4.74 Å². The molecule has 0 unspecified atom stereocenters. The first-order valence-corrected chi connectivity index (χ1v) is 10.8. The molecule has 0 spiro atoms. The second-order valence-electron chi connectivity index (χ2n) is 5.19. The molecule has 0 amide bonds. The van der Waals surface area contributed by atoms with Gasteiger partial charge in [0, 0.05) is 12.5 Å². The number of hydrogen-bond acceptors (Lipinski definition) is 2. The predicted octanol–water partition coefficient (Wildman–Crippen LogP) is 5.25. The van der Waals surface area contributed by atoms with Crippen molar-refractivity contribution in [3.05, 3.63) is 32.2 Å². The van der Waals surface area contributed by atoms with Crippen molar-refractivity contribution in [2.75, 3.05) is 6.61 Å². The number of hydrogen-bond donors (Lipinski definition) is 0. The third-order valence-corrected chi connectivity index (χ3v) is 5.05. The topological polar surface area (TPSA) is 26.3 Å². The summed E-state index contributed by atoms with van der Waals surface area (Å²) in [5.74, 6) is -0.462. The van der Waals surface area contributed by atoms with Crippen LogP contribution in [0.25, 0.3) is 0 Å². The molecule has 0 N–H and O–H groups in total. The van der Waals surface area contributed by atoms with Crippen LogP contribution in [0, 0.1) is 0 Å². The number of rotatable bonds is 4. The van der Waals surface area contributed by atoms with E-state index in [1.807, 2.05) is 0 Å². The molecule has 0 fully saturated rings. The molecule has 0 saturated carbocycles. The third kappa shape index (κ3) is 4.92. The second-order valence-corrected chi connectivity index (χ2v) is 12.5. The molecule has 0 aliphatic heterocycles. The Morgan fingerprint density at radius 2 is 1.78 bits per heavy atom. The number of carbonyl (C=O) groups is 1. The van der Waals surface area contributed by atoms with E-state index in [-0.39, 0.29) is 5.56 Å². The van der Waals surface area contributed by atoms with Crippen LogP contribution in [0.3, 0.4) is 0 Å². The zero-order valence-corrected chi connectivity index (χ0v) is 14.6. The molecular weight excluding hydrogens is 355 g/mol. The van der Waals surface area contributed by atoms with Crippen LogP contribution < -0.4 is 0 Å². The van der Waals surface area contributed by atoms with Gasteiger partial charge in [0.05, 0.1) is 22.2 Å². The Bertz CT molecular complexity index is 435. The van der Waals surface area contributed by atoms with Gasteiger partial charge in [0.1, 0.15) is 0 Å². The van der Waals surface area contributed by atoms with Gasteiger partial charge in [-0.05, 0) is 18.2 Å². The maximum absolute atomic E-state index is 11.9. The molecule has 6 heteroatoms. The summed E-state index contributed by atoms with van der Waals surface area (Å²) in [6.07, 6.45) is 0. The first kappa shape index (κ1) is 16.0. The SMILES string of the molecule is C[Si](C)(C)CCOC(=O)c1c(Cl)cc(Br)cc1Cl. The summed E-state index contributed by atoms with van der Waals surface area (Å²) in [4.78, 5) is 11.9. The summed E-state index contributed by atoms with van der Waals surface area (Å²) >= 11 is 15.2. The fraction of sp³-hybridized carbons (Fsp3) is 0.417.